The zero-order valence-electron chi connectivity index (χ0n) is 22.1. The topological polar surface area (TPSA) is 126 Å². The lowest BCUT2D eigenvalue weighted by molar-refractivity contribution is -0.128. The summed E-state index contributed by atoms with van der Waals surface area (Å²) in [5, 5.41) is 5.60. The Kier molecular flexibility index (Phi) is 8.30. The fourth-order valence-electron chi connectivity index (χ4n) is 4.46. The van der Waals surface area contributed by atoms with Crippen LogP contribution < -0.4 is 15.4 Å². The number of aliphatic imine (C=N–C) groups is 2. The molecule has 0 spiro atoms. The highest BCUT2D eigenvalue weighted by Crippen LogP contribution is 2.35. The molecule has 3 amide bonds. The summed E-state index contributed by atoms with van der Waals surface area (Å²) in [6.07, 6.45) is 1.95. The van der Waals surface area contributed by atoms with Crippen molar-refractivity contribution in [1.82, 2.24) is 15.5 Å². The van der Waals surface area contributed by atoms with Gasteiger partial charge in [-0.3, -0.25) is 19.4 Å². The molecule has 0 bridgehead atoms. The maximum absolute atomic E-state index is 13.6. The van der Waals surface area contributed by atoms with E-state index in [4.69, 9.17) is 14.1 Å². The van der Waals surface area contributed by atoms with Crippen molar-refractivity contribution in [2.75, 3.05) is 7.11 Å². The third-order valence-corrected chi connectivity index (χ3v) is 7.84. The fourth-order valence-corrected chi connectivity index (χ4v) is 5.50. The van der Waals surface area contributed by atoms with Gasteiger partial charge >= 0.3 is 0 Å². The van der Waals surface area contributed by atoms with Crippen LogP contribution in [-0.4, -0.2) is 52.0 Å². The third-order valence-electron chi connectivity index (χ3n) is 6.52. The predicted octanol–water partition coefficient (Wildman–Crippen LogP) is 3.78. The minimum absolute atomic E-state index is 0.116. The molecule has 1 aromatic heterocycles. The lowest BCUT2D eigenvalue weighted by Gasteiger charge is -2.27. The average molecular weight is 560 g/mol. The zero-order chi connectivity index (χ0) is 28.1. The zero-order valence-corrected chi connectivity index (χ0v) is 22.9. The van der Waals surface area contributed by atoms with Crippen LogP contribution in [0.3, 0.4) is 0 Å². The second-order valence-corrected chi connectivity index (χ2v) is 10.3. The Bertz CT molecular complexity index is 1470. The summed E-state index contributed by atoms with van der Waals surface area (Å²) in [6.45, 7) is 2.43. The van der Waals surface area contributed by atoms with Gasteiger partial charge in [0.05, 0.1) is 37.3 Å². The second-order valence-electron chi connectivity index (χ2n) is 9.16. The Morgan fingerprint density at radius 3 is 2.65 bits per heavy atom. The number of nitrogens with one attached hydrogen (secondary N) is 2. The van der Waals surface area contributed by atoms with Gasteiger partial charge in [-0.15, -0.1) is 0 Å². The van der Waals surface area contributed by atoms with Gasteiger partial charge in [0.15, 0.2) is 5.17 Å². The molecule has 206 valence electrons. The van der Waals surface area contributed by atoms with E-state index >= 15 is 0 Å². The summed E-state index contributed by atoms with van der Waals surface area (Å²) < 4.78 is 10.6. The maximum Gasteiger partial charge on any atom is 0.259 e. The number of amidine groups is 2. The quantitative estimate of drug-likeness (QED) is 0.390. The van der Waals surface area contributed by atoms with Crippen molar-refractivity contribution in [2.24, 2.45) is 9.98 Å². The summed E-state index contributed by atoms with van der Waals surface area (Å²) in [5.41, 5.74) is 2.18. The van der Waals surface area contributed by atoms with Gasteiger partial charge in [-0.05, 0) is 36.8 Å². The summed E-state index contributed by atoms with van der Waals surface area (Å²) in [7, 11) is 1.57. The molecule has 0 fully saturated rings. The molecular weight excluding hydrogens is 530 g/mol. The van der Waals surface area contributed by atoms with Gasteiger partial charge < -0.3 is 19.8 Å². The molecule has 3 heterocycles. The van der Waals surface area contributed by atoms with E-state index in [1.807, 2.05) is 55.5 Å². The number of carbonyl (C=O) groups excluding carboxylic acids is 3. The molecule has 0 saturated heterocycles. The summed E-state index contributed by atoms with van der Waals surface area (Å²) in [4.78, 5) is 50.2. The molecule has 10 nitrogen and oxygen atoms in total. The van der Waals surface area contributed by atoms with Crippen LogP contribution in [-0.2, 0) is 27.5 Å². The largest absolute Gasteiger partial charge is 0.496 e. The number of carbonyl (C=O) groups is 3. The van der Waals surface area contributed by atoms with Crippen LogP contribution in [0.5, 0.6) is 5.75 Å². The number of rotatable bonds is 10. The standard InChI is InChI=1S/C29H29N5O5S/c1-3-24(27(36)31-17-19-10-8-14-39-19)40-29-33-21-12-6-5-11-20(21)26-32-22(28(37)34(26)29)15-25(35)30-16-18-9-4-7-13-23(18)38-2/h4-14,22,24H,3,15-17H2,1-2H3,(H,30,35)(H,31,36). The number of thioether (sulfide) groups is 1. The highest BCUT2D eigenvalue weighted by Gasteiger charge is 2.43. The minimum atomic E-state index is -0.905. The Hall–Kier alpha value is -4.38. The van der Waals surface area contributed by atoms with Crippen LogP contribution in [0.25, 0.3) is 0 Å². The Labute approximate surface area is 235 Å². The van der Waals surface area contributed by atoms with Crippen LogP contribution in [0.2, 0.25) is 0 Å². The maximum atomic E-state index is 13.6. The molecule has 2 unspecified atom stereocenters. The van der Waals surface area contributed by atoms with E-state index in [1.165, 1.54) is 16.7 Å². The molecule has 2 aliphatic rings. The average Bonchev–Trinajstić information content (AvgIpc) is 3.62. The van der Waals surface area contributed by atoms with Gasteiger partial charge in [0.25, 0.3) is 5.91 Å². The summed E-state index contributed by atoms with van der Waals surface area (Å²) >= 11 is 1.20. The number of hydrogen-bond donors (Lipinski definition) is 2. The number of nitrogens with zero attached hydrogens (tertiary/aromatic N) is 3. The van der Waals surface area contributed by atoms with Crippen LogP contribution in [0.1, 0.15) is 36.7 Å². The van der Waals surface area contributed by atoms with E-state index in [2.05, 4.69) is 15.6 Å². The van der Waals surface area contributed by atoms with Crippen LogP contribution in [0, 0.1) is 0 Å². The molecule has 0 radical (unpaired) electrons. The third kappa shape index (κ3) is 5.79. The molecule has 3 aromatic rings. The highest BCUT2D eigenvalue weighted by molar-refractivity contribution is 8.15. The lowest BCUT2D eigenvalue weighted by atomic mass is 10.1. The van der Waals surface area contributed by atoms with Crippen LogP contribution in [0.15, 0.2) is 81.3 Å². The predicted molar refractivity (Wildman–Crippen MR) is 152 cm³/mol. The van der Waals surface area contributed by atoms with E-state index in [9.17, 15) is 14.4 Å². The summed E-state index contributed by atoms with van der Waals surface area (Å²) in [6, 6.07) is 17.4. The normalized spacial score (nSPS) is 16.4. The van der Waals surface area contributed by atoms with E-state index < -0.39 is 11.3 Å². The molecule has 11 heteroatoms. The van der Waals surface area contributed by atoms with Gasteiger partial charge in [-0.1, -0.05) is 49.0 Å². The van der Waals surface area contributed by atoms with Crippen molar-refractivity contribution >= 4 is 46.2 Å². The number of para-hydroxylation sites is 2. The van der Waals surface area contributed by atoms with Gasteiger partial charge in [-0.25, -0.2) is 9.89 Å². The van der Waals surface area contributed by atoms with Crippen molar-refractivity contribution in [3.05, 3.63) is 83.8 Å². The van der Waals surface area contributed by atoms with Crippen LogP contribution in [0.4, 0.5) is 5.69 Å². The number of benzene rings is 2. The minimum Gasteiger partial charge on any atom is -0.496 e. The molecule has 2 atom stereocenters. The number of fused-ring (bicyclic) bond motifs is 3. The first-order valence-corrected chi connectivity index (χ1v) is 13.8. The fraction of sp³-hybridized carbons (Fsp3) is 0.276. The van der Waals surface area contributed by atoms with E-state index in [0.29, 0.717) is 40.2 Å². The lowest BCUT2D eigenvalue weighted by Crippen LogP contribution is -2.43. The molecule has 0 aliphatic carbocycles. The molecular formula is C29H29N5O5S. The van der Waals surface area contributed by atoms with E-state index in [0.717, 1.165) is 5.56 Å². The number of methoxy groups -OCH3 is 1. The summed E-state index contributed by atoms with van der Waals surface area (Å²) in [5.74, 6) is 0.901. The first-order valence-electron chi connectivity index (χ1n) is 12.9. The van der Waals surface area contributed by atoms with Crippen molar-refractivity contribution in [3.8, 4) is 5.75 Å². The van der Waals surface area contributed by atoms with E-state index in [-0.39, 0.29) is 37.2 Å². The van der Waals surface area contributed by atoms with Crippen molar-refractivity contribution in [1.29, 1.82) is 0 Å². The SMILES string of the molecule is CCC(SC1=Nc2ccccc2C2=NC(CC(=O)NCc3ccccc3OC)C(=O)N12)C(=O)NCc1ccco1. The van der Waals surface area contributed by atoms with Crippen molar-refractivity contribution < 1.29 is 23.5 Å². The Morgan fingerprint density at radius 2 is 1.88 bits per heavy atom. The Balaban J connectivity index is 1.30. The molecule has 2 N–H and O–H groups in total. The molecule has 2 aromatic carbocycles. The first kappa shape index (κ1) is 27.2. The van der Waals surface area contributed by atoms with Crippen LogP contribution >= 0.6 is 11.8 Å². The number of hydrogen-bond acceptors (Lipinski definition) is 8. The number of amides is 3. The molecule has 5 rings (SSSR count). The highest BCUT2D eigenvalue weighted by atomic mass is 32.2. The molecule has 40 heavy (non-hydrogen) atoms. The number of furan rings is 1. The van der Waals surface area contributed by atoms with Gasteiger partial charge in [-0.2, -0.15) is 0 Å². The first-order chi connectivity index (χ1) is 19.5. The van der Waals surface area contributed by atoms with Gasteiger partial charge in [0, 0.05) is 17.7 Å². The van der Waals surface area contributed by atoms with Crippen molar-refractivity contribution in [2.45, 2.75) is 44.1 Å². The number of ether oxygens (including phenoxy) is 1. The second kappa shape index (κ2) is 12.2. The van der Waals surface area contributed by atoms with Crippen molar-refractivity contribution in [3.63, 3.8) is 0 Å². The van der Waals surface area contributed by atoms with Gasteiger partial charge in [0.1, 0.15) is 23.4 Å². The monoisotopic (exact) mass is 559 g/mol. The van der Waals surface area contributed by atoms with Gasteiger partial charge in [0.2, 0.25) is 11.8 Å². The molecule has 2 aliphatic heterocycles. The Morgan fingerprint density at radius 1 is 1.07 bits per heavy atom. The smallest absolute Gasteiger partial charge is 0.259 e. The van der Waals surface area contributed by atoms with E-state index in [1.54, 1.807) is 25.5 Å². The molecule has 0 saturated carbocycles.